The van der Waals surface area contributed by atoms with E-state index in [2.05, 4.69) is 20.5 Å². The third kappa shape index (κ3) is 6.36. The summed E-state index contributed by atoms with van der Waals surface area (Å²) >= 11 is 12.0. The summed E-state index contributed by atoms with van der Waals surface area (Å²) in [6.45, 7) is 4.58. The third-order valence-electron chi connectivity index (χ3n) is 4.75. The van der Waals surface area contributed by atoms with Gasteiger partial charge in [0.05, 0.1) is 16.0 Å². The van der Waals surface area contributed by atoms with Gasteiger partial charge in [-0.3, -0.25) is 4.79 Å². The van der Waals surface area contributed by atoms with Crippen LogP contribution in [0.1, 0.15) is 18.9 Å². The van der Waals surface area contributed by atoms with E-state index in [1.54, 1.807) is 0 Å². The molecule has 0 spiro atoms. The molecule has 3 aromatic rings. The Hall–Kier alpha value is -2.28. The number of carbonyl (C=O) groups is 1. The van der Waals surface area contributed by atoms with Gasteiger partial charge in [0.2, 0.25) is 5.91 Å². The lowest BCUT2D eigenvalue weighted by molar-refractivity contribution is -0.124. The highest BCUT2D eigenvalue weighted by Crippen LogP contribution is 2.23. The Morgan fingerprint density at radius 1 is 1.20 bits per heavy atom. The molecule has 3 rings (SSSR count). The molecule has 2 N–H and O–H groups in total. The zero-order valence-electron chi connectivity index (χ0n) is 17.1. The van der Waals surface area contributed by atoms with Crippen molar-refractivity contribution in [2.45, 2.75) is 19.9 Å². The SMILES string of the molecule is CC(CNc1nc2ccccc2o1)C(=O)NCCCN(C)Cc1ccc(Cl)c(Cl)c1. The molecular weight excluding hydrogens is 423 g/mol. The second-order valence-corrected chi connectivity index (χ2v) is 8.21. The average molecular weight is 449 g/mol. The topological polar surface area (TPSA) is 70.4 Å². The number of nitrogens with zero attached hydrogens (tertiary/aromatic N) is 2. The van der Waals surface area contributed by atoms with Gasteiger partial charge in [-0.25, -0.2) is 0 Å². The average Bonchev–Trinajstić information content (AvgIpc) is 3.15. The first-order valence-electron chi connectivity index (χ1n) is 9.92. The molecule has 1 heterocycles. The summed E-state index contributed by atoms with van der Waals surface area (Å²) in [7, 11) is 2.04. The minimum Gasteiger partial charge on any atom is -0.424 e. The van der Waals surface area contributed by atoms with Gasteiger partial charge in [0.25, 0.3) is 6.01 Å². The number of para-hydroxylation sites is 2. The number of carbonyl (C=O) groups excluding carboxylic acids is 1. The second-order valence-electron chi connectivity index (χ2n) is 7.40. The predicted molar refractivity (Wildman–Crippen MR) is 122 cm³/mol. The molecule has 0 bridgehead atoms. The van der Waals surface area contributed by atoms with Gasteiger partial charge in [-0.2, -0.15) is 4.98 Å². The number of hydrogen-bond acceptors (Lipinski definition) is 5. The number of aromatic nitrogens is 1. The van der Waals surface area contributed by atoms with Crippen LogP contribution in [-0.4, -0.2) is 42.5 Å². The van der Waals surface area contributed by atoms with Crippen LogP contribution in [-0.2, 0) is 11.3 Å². The Balaban J connectivity index is 1.33. The van der Waals surface area contributed by atoms with Gasteiger partial charge in [-0.05, 0) is 49.8 Å². The molecule has 8 heteroatoms. The summed E-state index contributed by atoms with van der Waals surface area (Å²) in [4.78, 5) is 18.8. The van der Waals surface area contributed by atoms with E-state index in [1.165, 1.54) is 0 Å². The van der Waals surface area contributed by atoms with Crippen LogP contribution >= 0.6 is 23.2 Å². The van der Waals surface area contributed by atoms with Gasteiger partial charge in [0, 0.05) is 19.6 Å². The highest BCUT2D eigenvalue weighted by molar-refractivity contribution is 6.42. The molecule has 1 unspecified atom stereocenters. The van der Waals surface area contributed by atoms with Crippen molar-refractivity contribution < 1.29 is 9.21 Å². The van der Waals surface area contributed by atoms with Crippen molar-refractivity contribution in [1.29, 1.82) is 0 Å². The molecule has 160 valence electrons. The molecule has 1 amide bonds. The van der Waals surface area contributed by atoms with Crippen molar-refractivity contribution in [3.63, 3.8) is 0 Å². The first-order valence-corrected chi connectivity index (χ1v) is 10.7. The highest BCUT2D eigenvalue weighted by Gasteiger charge is 2.14. The minimum atomic E-state index is -0.200. The van der Waals surface area contributed by atoms with Crippen LogP contribution in [0, 0.1) is 5.92 Å². The van der Waals surface area contributed by atoms with E-state index in [0.29, 0.717) is 29.1 Å². The normalized spacial score (nSPS) is 12.3. The standard InChI is InChI=1S/C22H26Cl2N4O2/c1-15(13-26-22-27-19-6-3-4-7-20(19)30-22)21(29)25-10-5-11-28(2)14-16-8-9-17(23)18(24)12-16/h3-4,6-9,12,15H,5,10-11,13-14H2,1-2H3,(H,25,29)(H,26,27). The quantitative estimate of drug-likeness (QED) is 0.435. The fraction of sp³-hybridized carbons (Fsp3) is 0.364. The molecule has 0 aliphatic carbocycles. The predicted octanol–water partition coefficient (Wildman–Crippen LogP) is 4.82. The Labute approximate surface area is 186 Å². The number of nitrogens with one attached hydrogen (secondary N) is 2. The van der Waals surface area contributed by atoms with Crippen molar-refractivity contribution in [3.8, 4) is 0 Å². The zero-order chi connectivity index (χ0) is 21.5. The maximum absolute atomic E-state index is 12.3. The largest absolute Gasteiger partial charge is 0.424 e. The van der Waals surface area contributed by atoms with Crippen molar-refractivity contribution in [2.24, 2.45) is 5.92 Å². The number of benzene rings is 2. The zero-order valence-corrected chi connectivity index (χ0v) is 18.6. The summed E-state index contributed by atoms with van der Waals surface area (Å²) in [6, 6.07) is 13.7. The molecule has 0 saturated heterocycles. The summed E-state index contributed by atoms with van der Waals surface area (Å²) in [5.74, 6) is -0.195. The summed E-state index contributed by atoms with van der Waals surface area (Å²) in [5.41, 5.74) is 2.62. The minimum absolute atomic E-state index is 0.00532. The van der Waals surface area contributed by atoms with Crippen molar-refractivity contribution >= 4 is 46.2 Å². The first-order chi connectivity index (χ1) is 14.4. The van der Waals surface area contributed by atoms with E-state index in [0.717, 1.165) is 36.2 Å². The van der Waals surface area contributed by atoms with Crippen LogP contribution in [0.5, 0.6) is 0 Å². The van der Waals surface area contributed by atoms with Gasteiger partial charge in [0.1, 0.15) is 5.52 Å². The lowest BCUT2D eigenvalue weighted by Gasteiger charge is -2.18. The number of rotatable bonds is 10. The monoisotopic (exact) mass is 448 g/mol. The number of fused-ring (bicyclic) bond motifs is 1. The number of hydrogen-bond donors (Lipinski definition) is 2. The van der Waals surface area contributed by atoms with E-state index < -0.39 is 0 Å². The summed E-state index contributed by atoms with van der Waals surface area (Å²) in [6.07, 6.45) is 0.856. The number of halogens is 2. The van der Waals surface area contributed by atoms with E-state index in [4.69, 9.17) is 27.6 Å². The molecule has 0 radical (unpaired) electrons. The molecule has 0 fully saturated rings. The smallest absolute Gasteiger partial charge is 0.295 e. The second kappa shape index (κ2) is 10.7. The molecule has 0 saturated carbocycles. The number of oxazole rings is 1. The van der Waals surface area contributed by atoms with Crippen LogP contribution in [0.3, 0.4) is 0 Å². The van der Waals surface area contributed by atoms with Gasteiger partial charge in [-0.1, -0.05) is 48.3 Å². The van der Waals surface area contributed by atoms with Gasteiger partial charge in [-0.15, -0.1) is 0 Å². The van der Waals surface area contributed by atoms with Crippen molar-refractivity contribution in [2.75, 3.05) is 32.0 Å². The Morgan fingerprint density at radius 3 is 2.77 bits per heavy atom. The van der Waals surface area contributed by atoms with Crippen LogP contribution in [0.4, 0.5) is 6.01 Å². The van der Waals surface area contributed by atoms with Gasteiger partial charge < -0.3 is 20.0 Å². The lowest BCUT2D eigenvalue weighted by atomic mass is 10.1. The van der Waals surface area contributed by atoms with E-state index in [1.807, 2.05) is 56.4 Å². The van der Waals surface area contributed by atoms with Crippen molar-refractivity contribution in [3.05, 3.63) is 58.1 Å². The molecule has 30 heavy (non-hydrogen) atoms. The molecule has 1 aromatic heterocycles. The maximum Gasteiger partial charge on any atom is 0.295 e. The summed E-state index contributed by atoms with van der Waals surface area (Å²) < 4.78 is 5.61. The van der Waals surface area contributed by atoms with Crippen LogP contribution < -0.4 is 10.6 Å². The molecule has 1 atom stereocenters. The Morgan fingerprint density at radius 2 is 2.00 bits per heavy atom. The lowest BCUT2D eigenvalue weighted by Crippen LogP contribution is -2.34. The number of anilines is 1. The Kier molecular flexibility index (Phi) is 7.96. The van der Waals surface area contributed by atoms with Crippen LogP contribution in [0.15, 0.2) is 46.9 Å². The van der Waals surface area contributed by atoms with Gasteiger partial charge >= 0.3 is 0 Å². The van der Waals surface area contributed by atoms with E-state index >= 15 is 0 Å². The van der Waals surface area contributed by atoms with Crippen LogP contribution in [0.25, 0.3) is 11.1 Å². The van der Waals surface area contributed by atoms with E-state index in [-0.39, 0.29) is 11.8 Å². The molecule has 2 aromatic carbocycles. The highest BCUT2D eigenvalue weighted by atomic mass is 35.5. The fourth-order valence-corrected chi connectivity index (χ4v) is 3.37. The Bertz CT molecular complexity index is 959. The fourth-order valence-electron chi connectivity index (χ4n) is 3.04. The van der Waals surface area contributed by atoms with Crippen LogP contribution in [0.2, 0.25) is 10.0 Å². The molecule has 0 aliphatic rings. The maximum atomic E-state index is 12.3. The number of amides is 1. The first kappa shape index (κ1) is 22.4. The third-order valence-corrected chi connectivity index (χ3v) is 5.49. The molecule has 6 nitrogen and oxygen atoms in total. The van der Waals surface area contributed by atoms with Gasteiger partial charge in [0.15, 0.2) is 5.58 Å². The van der Waals surface area contributed by atoms with Crippen molar-refractivity contribution in [1.82, 2.24) is 15.2 Å². The summed E-state index contributed by atoms with van der Waals surface area (Å²) in [5, 5.41) is 7.20. The molecule has 0 aliphatic heterocycles. The van der Waals surface area contributed by atoms with E-state index in [9.17, 15) is 4.79 Å². The molecular formula is C22H26Cl2N4O2.